The molecule has 0 aromatic heterocycles. The van der Waals surface area contributed by atoms with Crippen LogP contribution >= 0.6 is 15.9 Å². The second-order valence-corrected chi connectivity index (χ2v) is 3.48. The smallest absolute Gasteiger partial charge is 0.137 e. The Morgan fingerprint density at radius 3 is 2.79 bits per heavy atom. The molecule has 0 amide bonds. The summed E-state index contributed by atoms with van der Waals surface area (Å²) < 4.78 is 23.6. The fourth-order valence-corrected chi connectivity index (χ4v) is 1.29. The van der Waals surface area contributed by atoms with Crippen molar-refractivity contribution in [1.82, 2.24) is 0 Å². The molecule has 2 nitrogen and oxygen atoms in total. The van der Waals surface area contributed by atoms with E-state index in [2.05, 4.69) is 15.9 Å². The lowest BCUT2D eigenvalue weighted by atomic mass is 10.3. The predicted molar refractivity (Wildman–Crippen MR) is 56.1 cm³/mol. The van der Waals surface area contributed by atoms with E-state index in [1.807, 2.05) is 6.92 Å². The van der Waals surface area contributed by atoms with Crippen molar-refractivity contribution in [2.24, 2.45) is 0 Å². The summed E-state index contributed by atoms with van der Waals surface area (Å²) in [6.45, 7) is 3.63. The lowest BCUT2D eigenvalue weighted by Gasteiger charge is -2.06. The number of rotatable bonds is 5. The lowest BCUT2D eigenvalue weighted by molar-refractivity contribution is 0.110. The highest BCUT2D eigenvalue weighted by Crippen LogP contribution is 2.21. The van der Waals surface area contributed by atoms with E-state index in [0.717, 1.165) is 0 Å². The molecule has 1 rings (SSSR count). The fraction of sp³-hybridized carbons (Fsp3) is 0.400. The third-order valence-corrected chi connectivity index (χ3v) is 2.20. The van der Waals surface area contributed by atoms with Crippen molar-refractivity contribution in [3.05, 3.63) is 28.5 Å². The van der Waals surface area contributed by atoms with Crippen LogP contribution in [0.25, 0.3) is 0 Å². The first kappa shape index (κ1) is 11.5. The number of halogens is 2. The summed E-state index contributed by atoms with van der Waals surface area (Å²) >= 11 is 3.08. The van der Waals surface area contributed by atoms with Gasteiger partial charge in [-0.3, -0.25) is 0 Å². The van der Waals surface area contributed by atoms with E-state index in [4.69, 9.17) is 9.47 Å². The van der Waals surface area contributed by atoms with E-state index in [9.17, 15) is 4.39 Å². The molecule has 0 unspecified atom stereocenters. The summed E-state index contributed by atoms with van der Waals surface area (Å²) in [5.41, 5.74) is 0. The number of ether oxygens (including phenoxy) is 2. The van der Waals surface area contributed by atoms with Crippen molar-refractivity contribution >= 4 is 15.9 Å². The Kier molecular flexibility index (Phi) is 4.90. The van der Waals surface area contributed by atoms with E-state index < -0.39 is 0 Å². The number of benzene rings is 1. The summed E-state index contributed by atoms with van der Waals surface area (Å²) in [5, 5.41) is 0. The summed E-state index contributed by atoms with van der Waals surface area (Å²) in [4.78, 5) is 0. The van der Waals surface area contributed by atoms with Gasteiger partial charge in [-0.2, -0.15) is 0 Å². The Morgan fingerprint density at radius 2 is 2.14 bits per heavy atom. The number of hydrogen-bond acceptors (Lipinski definition) is 2. The number of hydrogen-bond donors (Lipinski definition) is 0. The predicted octanol–water partition coefficient (Wildman–Crippen LogP) is 3.00. The van der Waals surface area contributed by atoms with Gasteiger partial charge in [-0.25, -0.2) is 4.39 Å². The minimum atomic E-state index is -0.290. The molecule has 0 heterocycles. The molecule has 0 spiro atoms. The van der Waals surface area contributed by atoms with Crippen LogP contribution in [-0.4, -0.2) is 19.8 Å². The molecule has 14 heavy (non-hydrogen) atoms. The Bertz CT molecular complexity index is 291. The first-order valence-electron chi connectivity index (χ1n) is 4.39. The zero-order valence-electron chi connectivity index (χ0n) is 7.93. The van der Waals surface area contributed by atoms with Crippen molar-refractivity contribution < 1.29 is 13.9 Å². The Labute approximate surface area is 91.2 Å². The van der Waals surface area contributed by atoms with Crippen molar-refractivity contribution in [2.45, 2.75) is 6.92 Å². The third-order valence-electron chi connectivity index (χ3n) is 1.59. The highest BCUT2D eigenvalue weighted by Gasteiger charge is 2.00. The van der Waals surface area contributed by atoms with Crippen LogP contribution in [0.4, 0.5) is 4.39 Å². The SMILES string of the molecule is CCOCCOc1ccc(F)c(Br)c1. The van der Waals surface area contributed by atoms with Crippen molar-refractivity contribution in [3.63, 3.8) is 0 Å². The molecule has 1 aromatic rings. The minimum Gasteiger partial charge on any atom is -0.491 e. The molecular formula is C10H12BrFO2. The minimum absolute atomic E-state index is 0.290. The molecule has 0 saturated heterocycles. The third kappa shape index (κ3) is 3.64. The van der Waals surface area contributed by atoms with Gasteiger partial charge in [-0.05, 0) is 41.1 Å². The molecule has 0 aliphatic rings. The molecule has 0 radical (unpaired) electrons. The average molecular weight is 263 g/mol. The van der Waals surface area contributed by atoms with Crippen LogP contribution in [0.15, 0.2) is 22.7 Å². The molecule has 0 saturated carbocycles. The van der Waals surface area contributed by atoms with Gasteiger partial charge in [0.25, 0.3) is 0 Å². The maximum atomic E-state index is 12.8. The molecule has 0 fully saturated rings. The van der Waals surface area contributed by atoms with Gasteiger partial charge < -0.3 is 9.47 Å². The second-order valence-electron chi connectivity index (χ2n) is 2.62. The first-order valence-corrected chi connectivity index (χ1v) is 5.19. The monoisotopic (exact) mass is 262 g/mol. The second kappa shape index (κ2) is 5.98. The zero-order valence-corrected chi connectivity index (χ0v) is 9.51. The van der Waals surface area contributed by atoms with Crippen molar-refractivity contribution in [2.75, 3.05) is 19.8 Å². The summed E-state index contributed by atoms with van der Waals surface area (Å²) in [6, 6.07) is 4.55. The summed E-state index contributed by atoms with van der Waals surface area (Å²) in [5.74, 6) is 0.347. The molecule has 0 bridgehead atoms. The van der Waals surface area contributed by atoms with Crippen LogP contribution in [0.2, 0.25) is 0 Å². The fourth-order valence-electron chi connectivity index (χ4n) is 0.929. The van der Waals surface area contributed by atoms with Gasteiger partial charge in [0.1, 0.15) is 18.2 Å². The van der Waals surface area contributed by atoms with E-state index in [0.29, 0.717) is 30.0 Å². The van der Waals surface area contributed by atoms with Crippen LogP contribution in [-0.2, 0) is 4.74 Å². The lowest BCUT2D eigenvalue weighted by Crippen LogP contribution is -2.06. The Morgan fingerprint density at radius 1 is 1.36 bits per heavy atom. The van der Waals surface area contributed by atoms with E-state index in [1.54, 1.807) is 12.1 Å². The quantitative estimate of drug-likeness (QED) is 0.760. The average Bonchev–Trinajstić information content (AvgIpc) is 2.18. The van der Waals surface area contributed by atoms with Gasteiger partial charge in [-0.15, -0.1) is 0 Å². The van der Waals surface area contributed by atoms with Crippen molar-refractivity contribution in [1.29, 1.82) is 0 Å². The maximum absolute atomic E-state index is 12.8. The molecular weight excluding hydrogens is 251 g/mol. The Hall–Kier alpha value is -0.610. The molecule has 0 aliphatic carbocycles. The molecule has 4 heteroatoms. The van der Waals surface area contributed by atoms with Crippen LogP contribution in [0.5, 0.6) is 5.75 Å². The molecule has 1 aromatic carbocycles. The summed E-state index contributed by atoms with van der Waals surface area (Å²) in [6.07, 6.45) is 0. The van der Waals surface area contributed by atoms with Gasteiger partial charge in [0.15, 0.2) is 0 Å². The van der Waals surface area contributed by atoms with Crippen molar-refractivity contribution in [3.8, 4) is 5.75 Å². The van der Waals surface area contributed by atoms with Gasteiger partial charge in [-0.1, -0.05) is 0 Å². The molecule has 0 N–H and O–H groups in total. The Balaban J connectivity index is 2.39. The highest BCUT2D eigenvalue weighted by molar-refractivity contribution is 9.10. The summed E-state index contributed by atoms with van der Waals surface area (Å²) in [7, 11) is 0. The van der Waals surface area contributed by atoms with Gasteiger partial charge in [0.05, 0.1) is 11.1 Å². The van der Waals surface area contributed by atoms with E-state index >= 15 is 0 Å². The first-order chi connectivity index (χ1) is 6.74. The zero-order chi connectivity index (χ0) is 10.4. The molecule has 0 atom stereocenters. The van der Waals surface area contributed by atoms with Gasteiger partial charge >= 0.3 is 0 Å². The van der Waals surface area contributed by atoms with E-state index in [1.165, 1.54) is 6.07 Å². The maximum Gasteiger partial charge on any atom is 0.137 e. The van der Waals surface area contributed by atoms with Crippen LogP contribution in [0, 0.1) is 5.82 Å². The largest absolute Gasteiger partial charge is 0.491 e. The highest BCUT2D eigenvalue weighted by atomic mass is 79.9. The molecule has 0 aliphatic heterocycles. The van der Waals surface area contributed by atoms with Crippen LogP contribution in [0.1, 0.15) is 6.92 Å². The van der Waals surface area contributed by atoms with Gasteiger partial charge in [0, 0.05) is 6.61 Å². The van der Waals surface area contributed by atoms with Crippen LogP contribution < -0.4 is 4.74 Å². The van der Waals surface area contributed by atoms with Crippen LogP contribution in [0.3, 0.4) is 0 Å². The standard InChI is InChI=1S/C10H12BrFO2/c1-2-13-5-6-14-8-3-4-10(12)9(11)7-8/h3-4,7H,2,5-6H2,1H3. The molecule has 78 valence electrons. The normalized spacial score (nSPS) is 10.2. The van der Waals surface area contributed by atoms with E-state index in [-0.39, 0.29) is 5.82 Å². The topological polar surface area (TPSA) is 18.5 Å². The van der Waals surface area contributed by atoms with Gasteiger partial charge in [0.2, 0.25) is 0 Å².